The van der Waals surface area contributed by atoms with Crippen LogP contribution in [0.5, 0.6) is 0 Å². The van der Waals surface area contributed by atoms with E-state index in [-0.39, 0.29) is 5.70 Å². The highest BCUT2D eigenvalue weighted by molar-refractivity contribution is 9.10. The van der Waals surface area contributed by atoms with Gasteiger partial charge in [0.25, 0.3) is 0 Å². The van der Waals surface area contributed by atoms with Crippen molar-refractivity contribution < 1.29 is 9.53 Å². The van der Waals surface area contributed by atoms with Gasteiger partial charge in [-0.1, -0.05) is 22.0 Å². The van der Waals surface area contributed by atoms with Gasteiger partial charge in [0.2, 0.25) is 5.90 Å². The van der Waals surface area contributed by atoms with Gasteiger partial charge in [-0.25, -0.2) is 9.79 Å². The Morgan fingerprint density at radius 3 is 2.95 bits per heavy atom. The largest absolute Gasteiger partial charge is 0.402 e. The molecule has 100 valence electrons. The van der Waals surface area contributed by atoms with Crippen molar-refractivity contribution in [3.63, 3.8) is 0 Å². The van der Waals surface area contributed by atoms with Crippen LogP contribution in [0.25, 0.3) is 6.08 Å². The molecule has 0 atom stereocenters. The fourth-order valence-corrected chi connectivity index (χ4v) is 2.23. The third-order valence-electron chi connectivity index (χ3n) is 2.72. The maximum Gasteiger partial charge on any atom is 0.363 e. The van der Waals surface area contributed by atoms with Crippen LogP contribution in [0.3, 0.4) is 0 Å². The number of esters is 1. The van der Waals surface area contributed by atoms with Gasteiger partial charge in [0.05, 0.1) is 6.20 Å². The second kappa shape index (κ2) is 5.05. The maximum absolute atomic E-state index is 11.8. The summed E-state index contributed by atoms with van der Waals surface area (Å²) < 4.78 is 7.75. The summed E-state index contributed by atoms with van der Waals surface area (Å²) in [4.78, 5) is 16.0. The van der Waals surface area contributed by atoms with E-state index in [1.165, 1.54) is 0 Å². The van der Waals surface area contributed by atoms with Gasteiger partial charge in [-0.15, -0.1) is 0 Å². The van der Waals surface area contributed by atoms with E-state index in [4.69, 9.17) is 4.74 Å². The van der Waals surface area contributed by atoms with Crippen molar-refractivity contribution in [3.05, 3.63) is 58.0 Å². The Hall–Kier alpha value is -2.21. The van der Waals surface area contributed by atoms with Crippen LogP contribution in [0, 0.1) is 0 Å². The Kier molecular flexibility index (Phi) is 3.23. The van der Waals surface area contributed by atoms with Crippen molar-refractivity contribution >= 4 is 33.9 Å². The van der Waals surface area contributed by atoms with Crippen LogP contribution in [-0.2, 0) is 16.6 Å². The van der Waals surface area contributed by atoms with Gasteiger partial charge in [-0.2, -0.15) is 5.10 Å². The molecule has 20 heavy (non-hydrogen) atoms. The number of aryl methyl sites for hydroxylation is 1. The molecule has 3 rings (SSSR count). The number of hydrogen-bond acceptors (Lipinski definition) is 4. The number of benzene rings is 1. The molecule has 0 aliphatic carbocycles. The van der Waals surface area contributed by atoms with Crippen LogP contribution in [0.1, 0.15) is 11.1 Å². The van der Waals surface area contributed by atoms with Gasteiger partial charge >= 0.3 is 5.97 Å². The summed E-state index contributed by atoms with van der Waals surface area (Å²) in [6, 6.07) is 7.44. The van der Waals surface area contributed by atoms with Crippen LogP contribution >= 0.6 is 15.9 Å². The highest BCUT2D eigenvalue weighted by atomic mass is 79.9. The Labute approximate surface area is 123 Å². The summed E-state index contributed by atoms with van der Waals surface area (Å²) in [6.07, 6.45) is 5.11. The molecule has 1 aliphatic rings. The van der Waals surface area contributed by atoms with Gasteiger partial charge in [-0.05, 0) is 24.3 Å². The van der Waals surface area contributed by atoms with Crippen molar-refractivity contribution in [3.8, 4) is 0 Å². The van der Waals surface area contributed by atoms with Gasteiger partial charge in [0, 0.05) is 28.8 Å². The molecular weight excluding hydrogens is 322 g/mol. The molecule has 0 N–H and O–H groups in total. The first-order valence-electron chi connectivity index (χ1n) is 5.89. The minimum Gasteiger partial charge on any atom is -0.402 e. The zero-order valence-electron chi connectivity index (χ0n) is 10.6. The van der Waals surface area contributed by atoms with E-state index in [1.807, 2.05) is 31.3 Å². The number of hydrogen-bond donors (Lipinski definition) is 0. The molecule has 2 heterocycles. The van der Waals surface area contributed by atoms with Crippen molar-refractivity contribution in [1.82, 2.24) is 9.78 Å². The highest BCUT2D eigenvalue weighted by Gasteiger charge is 2.24. The molecule has 5 nitrogen and oxygen atoms in total. The summed E-state index contributed by atoms with van der Waals surface area (Å²) in [7, 11) is 1.81. The minimum absolute atomic E-state index is 0.271. The Balaban J connectivity index is 1.94. The lowest BCUT2D eigenvalue weighted by atomic mass is 10.2. The standard InChI is InChI=1S/C14H10BrN3O2/c1-18-8-9(7-16-18)5-12-14(19)20-13(17-12)10-3-2-4-11(15)6-10/h2-8H,1H3/b12-5-. The predicted octanol–water partition coefficient (Wildman–Crippen LogP) is 2.53. The van der Waals surface area contributed by atoms with Crippen molar-refractivity contribution in [2.24, 2.45) is 12.0 Å². The fourth-order valence-electron chi connectivity index (χ4n) is 1.83. The van der Waals surface area contributed by atoms with Gasteiger partial charge in [0.1, 0.15) is 0 Å². The molecule has 1 aliphatic heterocycles. The number of carbonyl (C=O) groups is 1. The summed E-state index contributed by atoms with van der Waals surface area (Å²) in [6.45, 7) is 0. The molecule has 6 heteroatoms. The molecule has 1 aromatic carbocycles. The van der Waals surface area contributed by atoms with E-state index in [9.17, 15) is 4.79 Å². The number of aromatic nitrogens is 2. The fraction of sp³-hybridized carbons (Fsp3) is 0.0714. The first-order chi connectivity index (χ1) is 9.61. The number of ether oxygens (including phenoxy) is 1. The normalized spacial score (nSPS) is 16.4. The number of cyclic esters (lactones) is 1. The van der Waals surface area contributed by atoms with Crippen LogP contribution < -0.4 is 0 Å². The number of rotatable bonds is 2. The summed E-state index contributed by atoms with van der Waals surface area (Å²) in [5.41, 5.74) is 1.83. The second-order valence-electron chi connectivity index (χ2n) is 4.29. The molecule has 0 saturated carbocycles. The summed E-state index contributed by atoms with van der Waals surface area (Å²) in [5.74, 6) is -0.143. The molecular formula is C14H10BrN3O2. The SMILES string of the molecule is Cn1cc(/C=C2\N=C(c3cccc(Br)c3)OC2=O)cn1. The van der Waals surface area contributed by atoms with E-state index in [2.05, 4.69) is 26.0 Å². The monoisotopic (exact) mass is 331 g/mol. The molecule has 0 saturated heterocycles. The average Bonchev–Trinajstić information content (AvgIpc) is 2.97. The van der Waals surface area contributed by atoms with Gasteiger partial charge < -0.3 is 4.74 Å². The van der Waals surface area contributed by atoms with E-state index in [0.717, 1.165) is 15.6 Å². The van der Waals surface area contributed by atoms with Crippen LogP contribution in [0.15, 0.2) is 51.8 Å². The van der Waals surface area contributed by atoms with Crippen LogP contribution in [-0.4, -0.2) is 21.6 Å². The lowest BCUT2D eigenvalue weighted by molar-refractivity contribution is -0.129. The van der Waals surface area contributed by atoms with Crippen molar-refractivity contribution in [2.75, 3.05) is 0 Å². The van der Waals surface area contributed by atoms with Crippen molar-refractivity contribution in [1.29, 1.82) is 0 Å². The maximum atomic E-state index is 11.8. The Morgan fingerprint density at radius 2 is 2.25 bits per heavy atom. The third kappa shape index (κ3) is 2.55. The summed E-state index contributed by atoms with van der Waals surface area (Å²) in [5, 5.41) is 4.04. The predicted molar refractivity (Wildman–Crippen MR) is 78.0 cm³/mol. The molecule has 0 radical (unpaired) electrons. The lowest BCUT2D eigenvalue weighted by Gasteiger charge is -1.99. The second-order valence-corrected chi connectivity index (χ2v) is 5.21. The van der Waals surface area contributed by atoms with E-state index >= 15 is 0 Å². The van der Waals surface area contributed by atoms with E-state index in [1.54, 1.807) is 23.2 Å². The molecule has 0 spiro atoms. The topological polar surface area (TPSA) is 56.5 Å². The van der Waals surface area contributed by atoms with E-state index < -0.39 is 5.97 Å². The molecule has 0 amide bonds. The highest BCUT2D eigenvalue weighted by Crippen LogP contribution is 2.20. The molecule has 2 aromatic rings. The number of halogens is 1. The number of aliphatic imine (C=N–C) groups is 1. The molecule has 1 aromatic heterocycles. The number of carbonyl (C=O) groups excluding carboxylic acids is 1. The molecule has 0 unspecified atom stereocenters. The number of nitrogens with zero attached hydrogens (tertiary/aromatic N) is 3. The lowest BCUT2D eigenvalue weighted by Crippen LogP contribution is -2.05. The van der Waals surface area contributed by atoms with Crippen LogP contribution in [0.2, 0.25) is 0 Å². The molecule has 0 bridgehead atoms. The van der Waals surface area contributed by atoms with E-state index in [0.29, 0.717) is 5.90 Å². The average molecular weight is 332 g/mol. The third-order valence-corrected chi connectivity index (χ3v) is 3.21. The first-order valence-corrected chi connectivity index (χ1v) is 6.68. The Morgan fingerprint density at radius 1 is 1.40 bits per heavy atom. The summed E-state index contributed by atoms with van der Waals surface area (Å²) >= 11 is 3.37. The smallest absolute Gasteiger partial charge is 0.363 e. The Bertz CT molecular complexity index is 746. The molecule has 0 fully saturated rings. The van der Waals surface area contributed by atoms with Crippen LogP contribution in [0.4, 0.5) is 0 Å². The van der Waals surface area contributed by atoms with Gasteiger partial charge in [0.15, 0.2) is 5.70 Å². The zero-order valence-corrected chi connectivity index (χ0v) is 12.2. The minimum atomic E-state index is -0.455. The zero-order chi connectivity index (χ0) is 14.1. The van der Waals surface area contributed by atoms with Gasteiger partial charge in [-0.3, -0.25) is 4.68 Å². The first kappa shape index (κ1) is 12.8. The van der Waals surface area contributed by atoms with Crippen molar-refractivity contribution in [2.45, 2.75) is 0 Å². The quantitative estimate of drug-likeness (QED) is 0.627.